The summed E-state index contributed by atoms with van der Waals surface area (Å²) in [4.78, 5) is 41.6. The molecule has 1 spiro atoms. The maximum Gasteiger partial charge on any atom is 0.338 e. The Morgan fingerprint density at radius 2 is 1.61 bits per heavy atom. The van der Waals surface area contributed by atoms with Gasteiger partial charge in [-0.3, -0.25) is 14.5 Å². The van der Waals surface area contributed by atoms with Crippen molar-refractivity contribution in [2.24, 2.45) is 34.5 Å². The number of rotatable bonds is 16. The number of nitrogens with zero attached hydrogens (tertiary/aromatic N) is 1. The summed E-state index contributed by atoms with van der Waals surface area (Å²) in [5.74, 6) is -4.75. The second kappa shape index (κ2) is 14.7. The van der Waals surface area contributed by atoms with Gasteiger partial charge < -0.3 is 48.8 Å². The highest BCUT2D eigenvalue weighted by molar-refractivity contribution is 5.89. The Balaban J connectivity index is 1.41. The maximum absolute atomic E-state index is 14.3. The van der Waals surface area contributed by atoms with E-state index in [1.165, 1.54) is 7.11 Å². The van der Waals surface area contributed by atoms with Gasteiger partial charge in [0.25, 0.3) is 0 Å². The number of esters is 2. The predicted octanol–water partition coefficient (Wildman–Crippen LogP) is 2.05. The number of methoxy groups -OCH3 is 4. The lowest BCUT2D eigenvalue weighted by Crippen LogP contribution is -2.81. The van der Waals surface area contributed by atoms with Crippen LogP contribution in [0.3, 0.4) is 0 Å². The van der Waals surface area contributed by atoms with E-state index in [0.29, 0.717) is 38.8 Å². The first kappa shape index (κ1) is 39.5. The third kappa shape index (κ3) is 5.30. The minimum absolute atomic E-state index is 0.00341. The number of unbranched alkanes of at least 4 members (excludes halogenated alkanes) is 3. The summed E-state index contributed by atoms with van der Waals surface area (Å²) in [6, 6.07) is 8.08. The number of piperidine rings is 1. The van der Waals surface area contributed by atoms with Gasteiger partial charge in [0.05, 0.1) is 30.5 Å². The number of aliphatic carboxylic acids is 1. The summed E-state index contributed by atoms with van der Waals surface area (Å²) >= 11 is 0. The van der Waals surface area contributed by atoms with Crippen LogP contribution in [0.5, 0.6) is 0 Å². The summed E-state index contributed by atoms with van der Waals surface area (Å²) in [6.07, 6.45) is -3.69. The monoisotopic (exact) mass is 759 g/mol. The Labute approximate surface area is 316 Å². The Morgan fingerprint density at radius 3 is 2.22 bits per heavy atom. The van der Waals surface area contributed by atoms with Gasteiger partial charge in [-0.1, -0.05) is 38.0 Å². The number of carbonyl (C=O) groups excluding carboxylic acids is 2. The number of carboxylic acids is 1. The molecule has 1 heterocycles. The summed E-state index contributed by atoms with van der Waals surface area (Å²) in [7, 11) is 6.23. The van der Waals surface area contributed by atoms with Crippen molar-refractivity contribution in [2.45, 2.75) is 112 Å². The van der Waals surface area contributed by atoms with E-state index in [-0.39, 0.29) is 37.9 Å². The molecule has 1 aliphatic heterocycles. The molecule has 1 unspecified atom stereocenters. The topological polar surface area (TPSA) is 191 Å². The molecule has 1 aromatic carbocycles. The zero-order valence-corrected chi connectivity index (χ0v) is 31.9. The molecule has 0 aromatic heterocycles. The van der Waals surface area contributed by atoms with Crippen molar-refractivity contribution >= 4 is 17.9 Å². The quantitative estimate of drug-likeness (QED) is 0.142. The summed E-state index contributed by atoms with van der Waals surface area (Å²) in [5.41, 5.74) is -5.07. The van der Waals surface area contributed by atoms with Crippen molar-refractivity contribution in [3.05, 3.63) is 35.9 Å². The number of carboxylic acid groups (broad SMARTS) is 1. The Kier molecular flexibility index (Phi) is 10.7. The third-order valence-corrected chi connectivity index (χ3v) is 14.7. The summed E-state index contributed by atoms with van der Waals surface area (Å²) < 4.78 is 38.2. The van der Waals surface area contributed by atoms with Gasteiger partial charge in [0.1, 0.15) is 23.9 Å². The minimum atomic E-state index is -1.89. The third-order valence-electron chi connectivity index (χ3n) is 14.7. The van der Waals surface area contributed by atoms with Gasteiger partial charge in [-0.15, -0.1) is 0 Å². The molecule has 14 nitrogen and oxygen atoms in total. The molecule has 5 saturated carbocycles. The number of hydrogen-bond acceptors (Lipinski definition) is 13. The van der Waals surface area contributed by atoms with E-state index in [9.17, 15) is 29.7 Å². The van der Waals surface area contributed by atoms with E-state index in [0.717, 1.165) is 0 Å². The van der Waals surface area contributed by atoms with Crippen LogP contribution in [-0.4, -0.2) is 145 Å². The van der Waals surface area contributed by atoms with E-state index in [1.807, 2.05) is 6.92 Å². The fourth-order valence-electron chi connectivity index (χ4n) is 13.2. The van der Waals surface area contributed by atoms with Crippen LogP contribution in [0, 0.1) is 34.5 Å². The average molecular weight is 760 g/mol. The number of ether oxygens (including phenoxy) is 6. The molecule has 4 N–H and O–H groups in total. The molecule has 14 heteroatoms. The highest BCUT2D eigenvalue weighted by Crippen LogP contribution is 2.80. The predicted molar refractivity (Wildman–Crippen MR) is 190 cm³/mol. The fourth-order valence-corrected chi connectivity index (χ4v) is 13.2. The maximum atomic E-state index is 14.3. The zero-order chi connectivity index (χ0) is 38.8. The van der Waals surface area contributed by atoms with Crippen molar-refractivity contribution in [1.82, 2.24) is 4.90 Å². The second-order valence-corrected chi connectivity index (χ2v) is 16.6. The number of benzene rings is 1. The standard InChI is InChI=1S/C40H57NO13/c1-6-41-20-37(21-49-2)24(42)18-25(50-3)39-23-19-38(48)34(53-36(47)22-14-10-9-11-15-22)28(23)40(33(46)35(38)52-5,29(32(39)41)30(51-4)31(37)39)54-27(45)17-13-8-7-12-16-26(43)44/h9-11,14-15,23-25,28-35,42,46,48H,6-8,12-13,16-21H2,1-5H3,(H,43,44)/t23-,24-,25+,28-,29+,30+,31-,32?,33+,34-,35+,37+,38-,39+,40-/m1/s1. The highest BCUT2D eigenvalue weighted by atomic mass is 16.6. The van der Waals surface area contributed by atoms with Crippen LogP contribution >= 0.6 is 0 Å². The van der Waals surface area contributed by atoms with Crippen LogP contribution < -0.4 is 0 Å². The van der Waals surface area contributed by atoms with Crippen LogP contribution in [0.4, 0.5) is 0 Å². The van der Waals surface area contributed by atoms with E-state index >= 15 is 0 Å². The molecule has 15 atom stereocenters. The van der Waals surface area contributed by atoms with Gasteiger partial charge in [-0.05, 0) is 43.9 Å². The smallest absolute Gasteiger partial charge is 0.338 e. The minimum Gasteiger partial charge on any atom is -0.481 e. The number of hydrogen-bond donors (Lipinski definition) is 4. The van der Waals surface area contributed by atoms with Crippen LogP contribution in [0.2, 0.25) is 0 Å². The van der Waals surface area contributed by atoms with Crippen LogP contribution in [0.1, 0.15) is 68.6 Å². The van der Waals surface area contributed by atoms with Gasteiger partial charge in [-0.2, -0.15) is 0 Å². The van der Waals surface area contributed by atoms with Crippen LogP contribution in [0.15, 0.2) is 30.3 Å². The number of aliphatic hydroxyl groups is 3. The number of aliphatic hydroxyl groups excluding tert-OH is 2. The van der Waals surface area contributed by atoms with E-state index < -0.39 is 106 Å². The largest absolute Gasteiger partial charge is 0.481 e. The first-order chi connectivity index (χ1) is 25.9. The SMILES string of the molecule is CCN1C[C@]2(COC)[C@H](O)C[C@H](OC)[C@]34C1[C@H]([C@H](OC)[C@H]23)[C@]1(OC(=O)CCCCCCC(=O)O)[C@H]2[C@@H](OC(=O)c3ccccc3)[C@](O)(C[C@H]24)[C@@H](OC)[C@@H]1O. The molecule has 0 amide bonds. The molecule has 5 aliphatic carbocycles. The summed E-state index contributed by atoms with van der Waals surface area (Å²) in [5, 5.41) is 47.0. The molecular weight excluding hydrogens is 702 g/mol. The van der Waals surface area contributed by atoms with Gasteiger partial charge in [0.15, 0.2) is 5.60 Å². The molecule has 7 bridgehead atoms. The van der Waals surface area contributed by atoms with Crippen molar-refractivity contribution in [1.29, 1.82) is 0 Å². The lowest BCUT2D eigenvalue weighted by atomic mass is 9.42. The first-order valence-corrected chi connectivity index (χ1v) is 19.5. The van der Waals surface area contributed by atoms with E-state index in [4.69, 9.17) is 33.5 Å². The van der Waals surface area contributed by atoms with Crippen molar-refractivity contribution in [3.63, 3.8) is 0 Å². The van der Waals surface area contributed by atoms with E-state index in [1.54, 1.807) is 51.7 Å². The molecule has 6 aliphatic rings. The highest BCUT2D eigenvalue weighted by Gasteiger charge is 2.92. The summed E-state index contributed by atoms with van der Waals surface area (Å²) in [6.45, 7) is 3.26. The Morgan fingerprint density at radius 1 is 0.907 bits per heavy atom. The first-order valence-electron chi connectivity index (χ1n) is 19.5. The van der Waals surface area contributed by atoms with Crippen molar-refractivity contribution < 1.29 is 63.2 Å². The lowest BCUT2D eigenvalue weighted by Gasteiger charge is -2.70. The molecule has 6 fully saturated rings. The van der Waals surface area contributed by atoms with Gasteiger partial charge in [0, 0.05) is 88.9 Å². The second-order valence-electron chi connectivity index (χ2n) is 16.6. The van der Waals surface area contributed by atoms with Gasteiger partial charge >= 0.3 is 17.9 Å². The molecule has 1 aromatic rings. The van der Waals surface area contributed by atoms with Crippen molar-refractivity contribution in [3.8, 4) is 0 Å². The Hall–Kier alpha value is -2.69. The van der Waals surface area contributed by atoms with Crippen LogP contribution in [-0.2, 0) is 38.0 Å². The normalized spacial score (nSPS) is 44.2. The number of carbonyl (C=O) groups is 3. The molecule has 7 rings (SSSR count). The van der Waals surface area contributed by atoms with Gasteiger partial charge in [-0.25, -0.2) is 4.79 Å². The molecular formula is C40H57NO13. The van der Waals surface area contributed by atoms with E-state index in [2.05, 4.69) is 4.90 Å². The molecule has 300 valence electrons. The fraction of sp³-hybridized carbons (Fsp3) is 0.775. The molecule has 0 radical (unpaired) electrons. The number of fused-ring (bicyclic) bond motifs is 2. The Bertz CT molecular complexity index is 1560. The average Bonchev–Trinajstić information content (AvgIpc) is 3.53. The van der Waals surface area contributed by atoms with Gasteiger partial charge in [0.2, 0.25) is 0 Å². The van der Waals surface area contributed by atoms with Crippen molar-refractivity contribution in [2.75, 3.05) is 48.1 Å². The zero-order valence-electron chi connectivity index (χ0n) is 31.9. The van der Waals surface area contributed by atoms with Crippen LogP contribution in [0.25, 0.3) is 0 Å². The number of likely N-dealkylation sites (tertiary alicyclic amines) is 1. The lowest BCUT2D eigenvalue weighted by molar-refractivity contribution is -0.323. The molecule has 54 heavy (non-hydrogen) atoms. The molecule has 1 saturated heterocycles.